The van der Waals surface area contributed by atoms with Crippen LogP contribution in [0.4, 0.5) is 8.78 Å². The van der Waals surface area contributed by atoms with E-state index in [9.17, 15) is 13.6 Å². The van der Waals surface area contributed by atoms with Crippen LogP contribution in [0.2, 0.25) is 0 Å². The van der Waals surface area contributed by atoms with Crippen LogP contribution >= 0.6 is 0 Å². The second kappa shape index (κ2) is 8.50. The normalized spacial score (nSPS) is 27.7. The standard InChI is InChI=1S/C24H23F2N5O2/c1-13-4-21(26)19(8-20(13)25)22-2-3-30-31(22)24(32)18-7-16(14-5-15(18)6-14)12-33-23-11-28-17(9-27)10-29-23/h3-4,8,10-11,14-16,18,22H,2,5-7,12H2,1H3/t14?,15?,16?,18-,22?/m0/s1. The number of hydrogen-bond acceptors (Lipinski definition) is 6. The van der Waals surface area contributed by atoms with Gasteiger partial charge in [-0.3, -0.25) is 4.79 Å². The van der Waals surface area contributed by atoms with Crippen molar-refractivity contribution in [1.82, 2.24) is 15.0 Å². The van der Waals surface area contributed by atoms with E-state index in [-0.39, 0.29) is 40.5 Å². The maximum absolute atomic E-state index is 14.6. The molecule has 0 radical (unpaired) electrons. The molecule has 1 aromatic carbocycles. The summed E-state index contributed by atoms with van der Waals surface area (Å²) in [4.78, 5) is 21.5. The van der Waals surface area contributed by atoms with Crippen LogP contribution in [0.3, 0.4) is 0 Å². The highest BCUT2D eigenvalue weighted by Crippen LogP contribution is 2.53. The Labute approximate surface area is 190 Å². The average molecular weight is 451 g/mol. The number of nitrogens with zero attached hydrogens (tertiary/aromatic N) is 5. The van der Waals surface area contributed by atoms with Gasteiger partial charge in [0, 0.05) is 24.1 Å². The fourth-order valence-corrected chi connectivity index (χ4v) is 5.25. The van der Waals surface area contributed by atoms with Crippen molar-refractivity contribution in [1.29, 1.82) is 5.26 Å². The lowest BCUT2D eigenvalue weighted by molar-refractivity contribution is -0.148. The molecule has 1 amide bonds. The molecule has 3 saturated carbocycles. The number of hydrazone groups is 1. The van der Waals surface area contributed by atoms with Gasteiger partial charge in [0.25, 0.3) is 0 Å². The Morgan fingerprint density at radius 2 is 2.00 bits per heavy atom. The van der Waals surface area contributed by atoms with Gasteiger partial charge in [0.2, 0.25) is 11.8 Å². The highest BCUT2D eigenvalue weighted by atomic mass is 19.1. The summed E-state index contributed by atoms with van der Waals surface area (Å²) in [5, 5.41) is 14.4. The second-order valence-corrected chi connectivity index (χ2v) is 9.11. The number of aryl methyl sites for hydroxylation is 1. The first-order chi connectivity index (χ1) is 15.9. The maximum Gasteiger partial charge on any atom is 0.246 e. The lowest BCUT2D eigenvalue weighted by atomic mass is 9.55. The van der Waals surface area contributed by atoms with Crippen LogP contribution in [0.1, 0.15) is 48.5 Å². The number of aromatic nitrogens is 2. The van der Waals surface area contributed by atoms with E-state index in [1.807, 2.05) is 6.07 Å². The first-order valence-electron chi connectivity index (χ1n) is 11.1. The summed E-state index contributed by atoms with van der Waals surface area (Å²) in [5.74, 6) is -0.0827. The van der Waals surface area contributed by atoms with E-state index in [1.54, 1.807) is 6.21 Å². The van der Waals surface area contributed by atoms with E-state index < -0.39 is 17.7 Å². The fourth-order valence-electron chi connectivity index (χ4n) is 5.25. The molecular weight excluding hydrogens is 428 g/mol. The highest BCUT2D eigenvalue weighted by Gasteiger charge is 2.50. The van der Waals surface area contributed by atoms with Crippen molar-refractivity contribution in [2.75, 3.05) is 6.61 Å². The number of rotatable bonds is 5. The predicted octanol–water partition coefficient (Wildman–Crippen LogP) is 3.94. The highest BCUT2D eigenvalue weighted by molar-refractivity contribution is 5.82. The van der Waals surface area contributed by atoms with Crippen molar-refractivity contribution in [2.45, 2.75) is 38.6 Å². The van der Waals surface area contributed by atoms with Crippen LogP contribution in [0.15, 0.2) is 29.6 Å². The molecule has 3 fully saturated rings. The number of benzene rings is 1. The second-order valence-electron chi connectivity index (χ2n) is 9.11. The van der Waals surface area contributed by atoms with Gasteiger partial charge in [-0.25, -0.2) is 23.8 Å². The molecule has 1 aromatic heterocycles. The Morgan fingerprint density at radius 3 is 2.73 bits per heavy atom. The van der Waals surface area contributed by atoms with Crippen LogP contribution in [0, 0.1) is 53.6 Å². The number of amides is 1. The molecule has 2 unspecified atom stereocenters. The van der Waals surface area contributed by atoms with E-state index in [1.165, 1.54) is 36.5 Å². The van der Waals surface area contributed by atoms with Crippen molar-refractivity contribution in [2.24, 2.45) is 28.8 Å². The summed E-state index contributed by atoms with van der Waals surface area (Å²) in [6.07, 6.45) is 7.28. The van der Waals surface area contributed by atoms with E-state index in [0.29, 0.717) is 31.2 Å². The molecule has 0 saturated heterocycles. The Kier molecular flexibility index (Phi) is 5.52. The van der Waals surface area contributed by atoms with Crippen molar-refractivity contribution in [3.05, 3.63) is 53.0 Å². The summed E-state index contributed by atoms with van der Waals surface area (Å²) in [5.41, 5.74) is 0.610. The van der Waals surface area contributed by atoms with E-state index in [4.69, 9.17) is 10.00 Å². The van der Waals surface area contributed by atoms with Gasteiger partial charge >= 0.3 is 0 Å². The third-order valence-electron chi connectivity index (χ3n) is 7.20. The molecule has 33 heavy (non-hydrogen) atoms. The van der Waals surface area contributed by atoms with Crippen molar-refractivity contribution >= 4 is 12.1 Å². The summed E-state index contributed by atoms with van der Waals surface area (Å²) in [6.45, 7) is 1.92. The van der Waals surface area contributed by atoms with Crippen LogP contribution in [0.25, 0.3) is 0 Å². The minimum atomic E-state index is -0.631. The topological polar surface area (TPSA) is 91.5 Å². The molecule has 9 heteroatoms. The van der Waals surface area contributed by atoms with Gasteiger partial charge in [0.15, 0.2) is 5.69 Å². The molecule has 6 rings (SSSR count). The molecule has 2 aromatic rings. The van der Waals surface area contributed by atoms with Gasteiger partial charge in [-0.15, -0.1) is 0 Å². The SMILES string of the molecule is Cc1cc(F)c(C2CC=NN2C(=O)[C@H]2CC(COc3cnc(C#N)cn3)C3CC2C3)cc1F. The zero-order valence-corrected chi connectivity index (χ0v) is 18.1. The number of fused-ring (bicyclic) bond motifs is 2. The molecular formula is C24H23F2N5O2. The molecule has 3 atom stereocenters. The van der Waals surface area contributed by atoms with Gasteiger partial charge in [-0.05, 0) is 61.6 Å². The molecule has 0 N–H and O–H groups in total. The van der Waals surface area contributed by atoms with Gasteiger partial charge in [0.05, 0.1) is 25.0 Å². The predicted molar refractivity (Wildman–Crippen MR) is 114 cm³/mol. The summed E-state index contributed by atoms with van der Waals surface area (Å²) in [6, 6.07) is 3.63. The number of carbonyl (C=O) groups is 1. The molecule has 2 bridgehead atoms. The lowest BCUT2D eigenvalue weighted by Gasteiger charge is -2.51. The zero-order valence-electron chi connectivity index (χ0n) is 18.1. The molecule has 3 aliphatic carbocycles. The third-order valence-corrected chi connectivity index (χ3v) is 7.20. The number of nitriles is 1. The molecule has 170 valence electrons. The first kappa shape index (κ1) is 21.4. The molecule has 2 heterocycles. The molecule has 7 nitrogen and oxygen atoms in total. The quantitative estimate of drug-likeness (QED) is 0.687. The van der Waals surface area contributed by atoms with Gasteiger partial charge in [0.1, 0.15) is 17.7 Å². The Hall–Kier alpha value is -3.41. The minimum absolute atomic E-state index is 0.138. The van der Waals surface area contributed by atoms with Crippen molar-refractivity contribution in [3.63, 3.8) is 0 Å². The van der Waals surface area contributed by atoms with Crippen molar-refractivity contribution in [3.8, 4) is 11.9 Å². The third kappa shape index (κ3) is 3.94. The summed E-state index contributed by atoms with van der Waals surface area (Å²) < 4.78 is 34.5. The first-order valence-corrected chi connectivity index (χ1v) is 11.1. The number of carbonyl (C=O) groups excluding carboxylic acids is 1. The molecule has 0 spiro atoms. The van der Waals surface area contributed by atoms with Crippen LogP contribution in [0.5, 0.6) is 5.88 Å². The number of ether oxygens (including phenoxy) is 1. The van der Waals surface area contributed by atoms with Crippen LogP contribution < -0.4 is 4.74 Å². The zero-order chi connectivity index (χ0) is 23.1. The number of halogens is 2. The lowest BCUT2D eigenvalue weighted by Crippen LogP contribution is -2.50. The summed E-state index contributed by atoms with van der Waals surface area (Å²) >= 11 is 0. The van der Waals surface area contributed by atoms with E-state index >= 15 is 0 Å². The number of hydrogen-bond donors (Lipinski definition) is 0. The molecule has 1 aliphatic heterocycles. The summed E-state index contributed by atoms with van der Waals surface area (Å²) in [7, 11) is 0. The van der Waals surface area contributed by atoms with E-state index in [0.717, 1.165) is 12.8 Å². The molecule has 4 aliphatic rings. The van der Waals surface area contributed by atoms with Crippen molar-refractivity contribution < 1.29 is 18.3 Å². The van der Waals surface area contributed by atoms with Gasteiger partial charge in [-0.2, -0.15) is 10.4 Å². The smallest absolute Gasteiger partial charge is 0.246 e. The van der Waals surface area contributed by atoms with E-state index in [2.05, 4.69) is 15.1 Å². The van der Waals surface area contributed by atoms with Crippen LogP contribution in [-0.4, -0.2) is 33.7 Å². The van der Waals surface area contributed by atoms with Gasteiger partial charge < -0.3 is 4.74 Å². The fraction of sp³-hybridized carbons (Fsp3) is 0.458. The Balaban J connectivity index is 1.27. The monoisotopic (exact) mass is 451 g/mol. The van der Waals surface area contributed by atoms with Crippen LogP contribution in [-0.2, 0) is 4.79 Å². The van der Waals surface area contributed by atoms with Gasteiger partial charge in [-0.1, -0.05) is 0 Å². The Bertz CT molecular complexity index is 1140. The largest absolute Gasteiger partial charge is 0.476 e. The maximum atomic E-state index is 14.6. The Morgan fingerprint density at radius 1 is 1.18 bits per heavy atom. The average Bonchev–Trinajstić information content (AvgIpc) is 3.28. The minimum Gasteiger partial charge on any atom is -0.476 e.